The van der Waals surface area contributed by atoms with Crippen LogP contribution in [0.4, 0.5) is 8.78 Å². The van der Waals surface area contributed by atoms with Gasteiger partial charge in [-0.15, -0.1) is 0 Å². The summed E-state index contributed by atoms with van der Waals surface area (Å²) in [5.74, 6) is -2.50. The molecule has 0 fully saturated rings. The topological polar surface area (TPSA) is 69.9 Å². The second kappa shape index (κ2) is 8.82. The van der Waals surface area contributed by atoms with Gasteiger partial charge in [0.1, 0.15) is 18.7 Å². The van der Waals surface area contributed by atoms with Gasteiger partial charge in [-0.05, 0) is 36.8 Å². The largest absolute Gasteiger partial charge is 0.489 e. The maximum atomic E-state index is 14.6. The van der Waals surface area contributed by atoms with E-state index in [2.05, 4.69) is 15.0 Å². The van der Waals surface area contributed by atoms with Crippen LogP contribution in [0.2, 0.25) is 0 Å². The number of carbonyl (C=O) groups excluding carboxylic acids is 1. The smallest absolute Gasteiger partial charge is 0.196 e. The Kier molecular flexibility index (Phi) is 5.55. The van der Waals surface area contributed by atoms with Crippen LogP contribution in [0.25, 0.3) is 16.9 Å². The zero-order chi connectivity index (χ0) is 23.7. The van der Waals surface area contributed by atoms with Gasteiger partial charge in [0, 0.05) is 17.8 Å². The minimum atomic E-state index is -1.23. The summed E-state index contributed by atoms with van der Waals surface area (Å²) >= 11 is 0. The molecule has 0 N–H and O–H groups in total. The number of halogens is 2. The second-order valence-corrected chi connectivity index (χ2v) is 7.72. The van der Waals surface area contributed by atoms with E-state index in [4.69, 9.17) is 4.74 Å². The van der Waals surface area contributed by atoms with E-state index in [1.165, 1.54) is 18.2 Å². The molecule has 0 unspecified atom stereocenters. The zero-order valence-electron chi connectivity index (χ0n) is 18.1. The van der Waals surface area contributed by atoms with Crippen molar-refractivity contribution in [1.82, 2.24) is 19.5 Å². The molecule has 0 aliphatic rings. The Hall–Kier alpha value is -4.46. The predicted molar refractivity (Wildman–Crippen MR) is 122 cm³/mol. The van der Waals surface area contributed by atoms with Crippen LogP contribution >= 0.6 is 0 Å². The summed E-state index contributed by atoms with van der Waals surface area (Å²) in [6, 6.07) is 16.0. The highest BCUT2D eigenvalue weighted by Crippen LogP contribution is 2.25. The van der Waals surface area contributed by atoms with E-state index in [1.807, 2.05) is 37.3 Å². The standard InChI is InChI=1S/C26H18F2N4O2/c1-16-13-32(15-30-16)24-12-29-22-8-7-18(9-23(22)31-24)26(33)20-10-19(11-21(27)25(20)28)34-14-17-5-3-2-4-6-17/h2-13,15H,14H2,1H3. The molecule has 3 aromatic carbocycles. The Labute approximate surface area is 193 Å². The van der Waals surface area contributed by atoms with Crippen molar-refractivity contribution >= 4 is 16.8 Å². The van der Waals surface area contributed by atoms with E-state index in [-0.39, 0.29) is 17.9 Å². The van der Waals surface area contributed by atoms with Crippen molar-refractivity contribution in [1.29, 1.82) is 0 Å². The van der Waals surface area contributed by atoms with Crippen LogP contribution in [-0.4, -0.2) is 25.3 Å². The minimum Gasteiger partial charge on any atom is -0.489 e. The average molecular weight is 456 g/mol. The molecule has 2 heterocycles. The van der Waals surface area contributed by atoms with E-state index >= 15 is 0 Å². The quantitative estimate of drug-likeness (QED) is 0.328. The Balaban J connectivity index is 1.47. The number of fused-ring (bicyclic) bond motifs is 1. The van der Waals surface area contributed by atoms with Gasteiger partial charge < -0.3 is 4.74 Å². The van der Waals surface area contributed by atoms with Crippen molar-refractivity contribution in [2.45, 2.75) is 13.5 Å². The van der Waals surface area contributed by atoms with Crippen LogP contribution < -0.4 is 4.74 Å². The van der Waals surface area contributed by atoms with Crippen LogP contribution in [-0.2, 0) is 6.61 Å². The van der Waals surface area contributed by atoms with Crippen LogP contribution in [0.5, 0.6) is 5.75 Å². The highest BCUT2D eigenvalue weighted by molar-refractivity contribution is 6.10. The number of aryl methyl sites for hydroxylation is 1. The molecule has 6 nitrogen and oxygen atoms in total. The molecule has 0 aliphatic carbocycles. The second-order valence-electron chi connectivity index (χ2n) is 7.72. The zero-order valence-corrected chi connectivity index (χ0v) is 18.1. The summed E-state index contributed by atoms with van der Waals surface area (Å²) in [6.45, 7) is 2.01. The summed E-state index contributed by atoms with van der Waals surface area (Å²) in [6.07, 6.45) is 5.00. The summed E-state index contributed by atoms with van der Waals surface area (Å²) in [5, 5.41) is 0. The fraction of sp³-hybridized carbons (Fsp3) is 0.0769. The lowest BCUT2D eigenvalue weighted by Crippen LogP contribution is -2.08. The number of rotatable bonds is 6. The van der Waals surface area contributed by atoms with Crippen molar-refractivity contribution in [3.8, 4) is 11.6 Å². The highest BCUT2D eigenvalue weighted by Gasteiger charge is 2.20. The van der Waals surface area contributed by atoms with E-state index in [1.54, 1.807) is 29.4 Å². The number of carbonyl (C=O) groups is 1. The molecule has 2 aromatic heterocycles. The molecule has 0 aliphatic heterocycles. The van der Waals surface area contributed by atoms with Crippen molar-refractivity contribution in [3.05, 3.63) is 113 Å². The number of aromatic nitrogens is 4. The van der Waals surface area contributed by atoms with Crippen molar-refractivity contribution in [2.75, 3.05) is 0 Å². The van der Waals surface area contributed by atoms with E-state index < -0.39 is 23.0 Å². The summed E-state index contributed by atoms with van der Waals surface area (Å²) in [4.78, 5) is 26.2. The van der Waals surface area contributed by atoms with Crippen molar-refractivity contribution in [2.24, 2.45) is 0 Å². The first-order chi connectivity index (χ1) is 16.5. The number of ketones is 1. The van der Waals surface area contributed by atoms with Gasteiger partial charge in [-0.2, -0.15) is 0 Å². The first-order valence-corrected chi connectivity index (χ1v) is 10.5. The molecular weight excluding hydrogens is 438 g/mol. The SMILES string of the molecule is Cc1cn(-c2cnc3ccc(C(=O)c4cc(OCc5ccccc5)cc(F)c4F)cc3n2)cn1. The van der Waals surface area contributed by atoms with Crippen LogP contribution in [0.3, 0.4) is 0 Å². The molecule has 0 amide bonds. The van der Waals surface area contributed by atoms with Gasteiger partial charge in [0.05, 0.1) is 28.5 Å². The Bertz CT molecular complexity index is 1520. The Morgan fingerprint density at radius 2 is 1.82 bits per heavy atom. The first-order valence-electron chi connectivity index (χ1n) is 10.5. The fourth-order valence-corrected chi connectivity index (χ4v) is 3.52. The predicted octanol–water partition coefficient (Wildman–Crippen LogP) is 5.21. The Morgan fingerprint density at radius 1 is 1.00 bits per heavy atom. The highest BCUT2D eigenvalue weighted by atomic mass is 19.2. The molecule has 0 atom stereocenters. The third-order valence-corrected chi connectivity index (χ3v) is 5.26. The number of imidazole rings is 1. The lowest BCUT2D eigenvalue weighted by atomic mass is 10.0. The number of benzene rings is 3. The van der Waals surface area contributed by atoms with Gasteiger partial charge in [0.2, 0.25) is 0 Å². The van der Waals surface area contributed by atoms with Gasteiger partial charge in [-0.1, -0.05) is 30.3 Å². The number of nitrogens with zero attached hydrogens (tertiary/aromatic N) is 4. The minimum absolute atomic E-state index is 0.0597. The van der Waals surface area contributed by atoms with Gasteiger partial charge in [-0.25, -0.2) is 18.7 Å². The van der Waals surface area contributed by atoms with E-state index in [0.717, 1.165) is 17.3 Å². The molecule has 8 heteroatoms. The first kappa shape index (κ1) is 21.4. The monoisotopic (exact) mass is 456 g/mol. The summed E-state index contributed by atoms with van der Waals surface area (Å²) in [7, 11) is 0. The fourth-order valence-electron chi connectivity index (χ4n) is 3.52. The summed E-state index contributed by atoms with van der Waals surface area (Å²) in [5.41, 5.74) is 2.40. The number of ether oxygens (including phenoxy) is 1. The molecule has 0 radical (unpaired) electrons. The third kappa shape index (κ3) is 4.25. The van der Waals surface area contributed by atoms with Crippen molar-refractivity contribution in [3.63, 3.8) is 0 Å². The van der Waals surface area contributed by atoms with Gasteiger partial charge in [0.25, 0.3) is 0 Å². The molecule has 0 spiro atoms. The molecule has 0 saturated carbocycles. The maximum Gasteiger partial charge on any atom is 0.196 e. The maximum absolute atomic E-state index is 14.6. The molecule has 0 bridgehead atoms. The molecular formula is C26H18F2N4O2. The van der Waals surface area contributed by atoms with Crippen LogP contribution in [0.15, 0.2) is 79.4 Å². The van der Waals surface area contributed by atoms with Crippen molar-refractivity contribution < 1.29 is 18.3 Å². The van der Waals surface area contributed by atoms with E-state index in [9.17, 15) is 13.6 Å². The van der Waals surface area contributed by atoms with Crippen LogP contribution in [0, 0.1) is 18.6 Å². The van der Waals surface area contributed by atoms with Gasteiger partial charge in [-0.3, -0.25) is 14.3 Å². The molecule has 5 aromatic rings. The Morgan fingerprint density at radius 3 is 2.59 bits per heavy atom. The van der Waals surface area contributed by atoms with Crippen LogP contribution in [0.1, 0.15) is 27.2 Å². The molecule has 168 valence electrons. The third-order valence-electron chi connectivity index (χ3n) is 5.26. The van der Waals surface area contributed by atoms with E-state index in [0.29, 0.717) is 16.9 Å². The van der Waals surface area contributed by atoms with Gasteiger partial charge >= 0.3 is 0 Å². The molecule has 0 saturated heterocycles. The number of hydrogen-bond acceptors (Lipinski definition) is 5. The normalized spacial score (nSPS) is 11.0. The summed E-state index contributed by atoms with van der Waals surface area (Å²) < 4.78 is 36.2. The van der Waals surface area contributed by atoms with Gasteiger partial charge in [0.15, 0.2) is 23.2 Å². The molecule has 5 rings (SSSR count). The average Bonchev–Trinajstić information content (AvgIpc) is 3.30. The number of hydrogen-bond donors (Lipinski definition) is 0. The lowest BCUT2D eigenvalue weighted by Gasteiger charge is -2.10. The molecule has 34 heavy (non-hydrogen) atoms. The lowest BCUT2D eigenvalue weighted by molar-refractivity contribution is 0.103.